The molecule has 1 heterocycles. The third-order valence-corrected chi connectivity index (χ3v) is 5.07. The molecule has 5 nitrogen and oxygen atoms in total. The first-order valence-corrected chi connectivity index (χ1v) is 9.60. The molecule has 0 amide bonds. The smallest absolute Gasteiger partial charge is 0.417 e. The topological polar surface area (TPSA) is 78.4 Å². The lowest BCUT2D eigenvalue weighted by atomic mass is 10.1. The number of ether oxygens (including phenoxy) is 1. The Balaban J connectivity index is 1.60. The first-order valence-electron chi connectivity index (χ1n) is 9.60. The molecule has 1 unspecified atom stereocenters. The van der Waals surface area contributed by atoms with Gasteiger partial charge in [-0.1, -0.05) is 12.1 Å². The number of fused-ring (bicyclic) bond motifs is 1. The highest BCUT2D eigenvalue weighted by Crippen LogP contribution is 2.35. The summed E-state index contributed by atoms with van der Waals surface area (Å²) in [6.45, 7) is -0.381. The number of hydrogen-bond acceptors (Lipinski definition) is 4. The summed E-state index contributed by atoms with van der Waals surface area (Å²) >= 11 is 0. The predicted octanol–water partition coefficient (Wildman–Crippen LogP) is 5.34. The summed E-state index contributed by atoms with van der Waals surface area (Å²) < 4.78 is 46.4. The molecule has 4 rings (SSSR count). The molecule has 3 aromatic carbocycles. The van der Waals surface area contributed by atoms with E-state index in [-0.39, 0.29) is 12.4 Å². The largest absolute Gasteiger partial charge is 0.457 e. The number of rotatable bonds is 5. The van der Waals surface area contributed by atoms with Gasteiger partial charge in [0.15, 0.2) is 0 Å². The molecule has 0 saturated heterocycles. The minimum atomic E-state index is -4.61. The van der Waals surface area contributed by atoms with E-state index in [1.807, 2.05) is 22.9 Å². The highest BCUT2D eigenvalue weighted by Gasteiger charge is 2.33. The fourth-order valence-electron chi connectivity index (χ4n) is 3.54. The predicted molar refractivity (Wildman–Crippen MR) is 112 cm³/mol. The van der Waals surface area contributed by atoms with Crippen LogP contribution >= 0.6 is 0 Å². The molecular weight excluding hydrogens is 421 g/mol. The zero-order chi connectivity index (χ0) is 22.9. The van der Waals surface area contributed by atoms with Crippen molar-refractivity contribution in [3.63, 3.8) is 0 Å². The molecule has 2 N–H and O–H groups in total. The quantitative estimate of drug-likeness (QED) is 0.441. The van der Waals surface area contributed by atoms with Crippen molar-refractivity contribution in [1.82, 2.24) is 4.57 Å². The van der Waals surface area contributed by atoms with Crippen molar-refractivity contribution >= 4 is 10.9 Å². The van der Waals surface area contributed by atoms with Crippen LogP contribution < -0.4 is 4.74 Å². The Morgan fingerprint density at radius 2 is 1.72 bits per heavy atom. The summed E-state index contributed by atoms with van der Waals surface area (Å²) in [6.07, 6.45) is -3.76. The Morgan fingerprint density at radius 3 is 2.38 bits per heavy atom. The van der Waals surface area contributed by atoms with Crippen molar-refractivity contribution < 1.29 is 28.1 Å². The van der Waals surface area contributed by atoms with Gasteiger partial charge in [-0.3, -0.25) is 0 Å². The van der Waals surface area contributed by atoms with Crippen molar-refractivity contribution in [3.05, 3.63) is 89.6 Å². The van der Waals surface area contributed by atoms with E-state index in [0.717, 1.165) is 28.7 Å². The maximum absolute atomic E-state index is 13.0. The van der Waals surface area contributed by atoms with Crippen LogP contribution in [0.5, 0.6) is 11.5 Å². The fraction of sp³-hybridized carbons (Fsp3) is 0.125. The Hall–Kier alpha value is -3.80. The number of aliphatic hydroxyl groups is 2. The van der Waals surface area contributed by atoms with E-state index in [4.69, 9.17) is 10.00 Å². The fourth-order valence-corrected chi connectivity index (χ4v) is 3.54. The van der Waals surface area contributed by atoms with Gasteiger partial charge in [0.2, 0.25) is 0 Å². The number of alkyl halides is 3. The molecule has 4 aromatic rings. The van der Waals surface area contributed by atoms with E-state index in [2.05, 4.69) is 0 Å². The molecule has 0 aliphatic rings. The molecule has 0 bridgehead atoms. The van der Waals surface area contributed by atoms with Crippen LogP contribution in [0.25, 0.3) is 16.6 Å². The summed E-state index contributed by atoms with van der Waals surface area (Å²) in [5.41, 5.74) is 0.747. The van der Waals surface area contributed by atoms with Gasteiger partial charge in [-0.2, -0.15) is 18.4 Å². The second kappa shape index (κ2) is 8.38. The van der Waals surface area contributed by atoms with Gasteiger partial charge in [0, 0.05) is 17.3 Å². The third-order valence-electron chi connectivity index (χ3n) is 5.07. The van der Waals surface area contributed by atoms with Crippen LogP contribution in [0.4, 0.5) is 13.2 Å². The minimum Gasteiger partial charge on any atom is -0.457 e. The number of halogens is 3. The standard InChI is InChI=1S/C24H17F3N2O3/c25-24(26,27)21-9-8-18(12-15(21)13-28)32-17-6-4-16(5-7-17)29-11-10-19-20(23(31)14-30)2-1-3-22(19)29/h1-12,23,30-31H,14H2. The lowest BCUT2D eigenvalue weighted by molar-refractivity contribution is -0.137. The van der Waals surface area contributed by atoms with E-state index in [0.29, 0.717) is 11.3 Å². The molecule has 1 atom stereocenters. The lowest BCUT2D eigenvalue weighted by Gasteiger charge is -2.12. The molecule has 0 saturated carbocycles. The first-order chi connectivity index (χ1) is 15.3. The molecule has 0 aliphatic heterocycles. The average molecular weight is 438 g/mol. The third kappa shape index (κ3) is 4.04. The van der Waals surface area contributed by atoms with Crippen molar-refractivity contribution in [2.45, 2.75) is 12.3 Å². The maximum Gasteiger partial charge on any atom is 0.417 e. The number of hydrogen-bond donors (Lipinski definition) is 2. The molecule has 32 heavy (non-hydrogen) atoms. The molecule has 1 aromatic heterocycles. The van der Waals surface area contributed by atoms with E-state index in [9.17, 15) is 23.4 Å². The summed E-state index contributed by atoms with van der Waals surface area (Å²) in [5, 5.41) is 29.1. The number of benzene rings is 3. The van der Waals surface area contributed by atoms with Crippen LogP contribution in [0.3, 0.4) is 0 Å². The number of nitrogens with zero attached hydrogens (tertiary/aromatic N) is 2. The van der Waals surface area contributed by atoms with Crippen LogP contribution in [-0.4, -0.2) is 21.4 Å². The van der Waals surface area contributed by atoms with Crippen LogP contribution in [0, 0.1) is 11.3 Å². The van der Waals surface area contributed by atoms with Gasteiger partial charge in [-0.05, 0) is 60.2 Å². The van der Waals surface area contributed by atoms with Crippen molar-refractivity contribution in [1.29, 1.82) is 5.26 Å². The van der Waals surface area contributed by atoms with Gasteiger partial charge in [0.05, 0.1) is 29.3 Å². The molecule has 162 valence electrons. The molecule has 0 fully saturated rings. The van der Waals surface area contributed by atoms with Gasteiger partial charge < -0.3 is 19.5 Å². The van der Waals surface area contributed by atoms with Crippen LogP contribution in [0.15, 0.2) is 72.9 Å². The number of nitriles is 1. The Labute approximate surface area is 181 Å². The minimum absolute atomic E-state index is 0.122. The summed E-state index contributed by atoms with van der Waals surface area (Å²) in [7, 11) is 0. The zero-order valence-electron chi connectivity index (χ0n) is 16.5. The van der Waals surface area contributed by atoms with Gasteiger partial charge in [0.1, 0.15) is 17.6 Å². The highest BCUT2D eigenvalue weighted by atomic mass is 19.4. The summed E-state index contributed by atoms with van der Waals surface area (Å²) in [6, 6.07) is 18.8. The molecule has 0 aliphatic carbocycles. The molecule has 0 spiro atoms. The second-order valence-electron chi connectivity index (χ2n) is 7.08. The van der Waals surface area contributed by atoms with E-state index >= 15 is 0 Å². The second-order valence-corrected chi connectivity index (χ2v) is 7.08. The number of aliphatic hydroxyl groups excluding tert-OH is 2. The van der Waals surface area contributed by atoms with Gasteiger partial charge in [-0.15, -0.1) is 0 Å². The normalized spacial score (nSPS) is 12.5. The Kier molecular flexibility index (Phi) is 5.61. The molecule has 0 radical (unpaired) electrons. The van der Waals surface area contributed by atoms with E-state index in [1.54, 1.807) is 42.5 Å². The lowest BCUT2D eigenvalue weighted by Crippen LogP contribution is -2.07. The van der Waals surface area contributed by atoms with Crippen LogP contribution in [0.1, 0.15) is 22.8 Å². The van der Waals surface area contributed by atoms with Crippen LogP contribution in [-0.2, 0) is 6.18 Å². The highest BCUT2D eigenvalue weighted by molar-refractivity contribution is 5.85. The van der Waals surface area contributed by atoms with E-state index < -0.39 is 23.4 Å². The average Bonchev–Trinajstić information content (AvgIpc) is 3.22. The van der Waals surface area contributed by atoms with Gasteiger partial charge in [0.25, 0.3) is 0 Å². The maximum atomic E-state index is 13.0. The molecular formula is C24H17F3N2O3. The Bertz CT molecular complexity index is 1310. The molecule has 8 heteroatoms. The summed E-state index contributed by atoms with van der Waals surface area (Å²) in [5.74, 6) is 0.515. The van der Waals surface area contributed by atoms with Gasteiger partial charge in [-0.25, -0.2) is 0 Å². The van der Waals surface area contributed by atoms with Crippen molar-refractivity contribution in [3.8, 4) is 23.3 Å². The number of aromatic nitrogens is 1. The van der Waals surface area contributed by atoms with Crippen molar-refractivity contribution in [2.75, 3.05) is 6.61 Å². The van der Waals surface area contributed by atoms with E-state index in [1.165, 1.54) is 6.07 Å². The SMILES string of the molecule is N#Cc1cc(Oc2ccc(-n3ccc4c(C(O)CO)cccc43)cc2)ccc1C(F)(F)F. The Morgan fingerprint density at radius 1 is 1.00 bits per heavy atom. The first kappa shape index (κ1) is 21.4. The zero-order valence-corrected chi connectivity index (χ0v) is 16.5. The summed E-state index contributed by atoms with van der Waals surface area (Å²) in [4.78, 5) is 0. The van der Waals surface area contributed by atoms with Crippen LogP contribution in [0.2, 0.25) is 0 Å². The van der Waals surface area contributed by atoms with Crippen molar-refractivity contribution in [2.24, 2.45) is 0 Å². The van der Waals surface area contributed by atoms with Gasteiger partial charge >= 0.3 is 6.18 Å². The monoisotopic (exact) mass is 438 g/mol.